The minimum atomic E-state index is -0.124. The van der Waals surface area contributed by atoms with Gasteiger partial charge in [-0.05, 0) is 45.8 Å². The molecule has 0 saturated carbocycles. The Balaban J connectivity index is 1.24. The summed E-state index contributed by atoms with van der Waals surface area (Å²) in [6.45, 7) is 5.70. The number of hydrogen-bond acceptors (Lipinski definition) is 8. The molecular weight excluding hydrogens is 492 g/mol. The Morgan fingerprint density at radius 2 is 1.67 bits per heavy atom. The maximum Gasteiger partial charge on any atom is 0.178 e. The Morgan fingerprint density at radius 1 is 0.897 bits per heavy atom. The molecule has 0 bridgehead atoms. The minimum absolute atomic E-state index is 0.124. The van der Waals surface area contributed by atoms with Crippen LogP contribution in [0.5, 0.6) is 17.2 Å². The number of nitrogens with zero attached hydrogens (tertiary/aromatic N) is 6. The monoisotopic (exact) mass is 524 g/mol. The third kappa shape index (κ3) is 5.64. The molecular formula is C30H32N6O3. The van der Waals surface area contributed by atoms with E-state index in [1.807, 2.05) is 41.1 Å². The zero-order chi connectivity index (χ0) is 26.4. The predicted molar refractivity (Wildman–Crippen MR) is 148 cm³/mol. The van der Waals surface area contributed by atoms with Crippen LogP contribution in [0, 0.1) is 0 Å². The van der Waals surface area contributed by atoms with Crippen molar-refractivity contribution in [1.82, 2.24) is 30.0 Å². The predicted octanol–water partition coefficient (Wildman–Crippen LogP) is 3.86. The highest BCUT2D eigenvalue weighted by Gasteiger charge is 2.31. The molecule has 1 saturated heterocycles. The highest BCUT2D eigenvalue weighted by molar-refractivity contribution is 5.50. The summed E-state index contributed by atoms with van der Waals surface area (Å²) in [5, 5.41) is 13.0. The topological polar surface area (TPSA) is 77.8 Å². The van der Waals surface area contributed by atoms with Gasteiger partial charge in [-0.15, -0.1) is 5.10 Å². The van der Waals surface area contributed by atoms with Crippen molar-refractivity contribution in [3.63, 3.8) is 0 Å². The SMILES string of the molecule is COc1ccc(C(c2nnnn2-c2ccc3c(c2)OCCO3)N2CCN(C/C=C/c3ccccc3)CC2)cc1. The van der Waals surface area contributed by atoms with Crippen LogP contribution in [0.1, 0.15) is 23.0 Å². The van der Waals surface area contributed by atoms with Crippen molar-refractivity contribution in [3.05, 3.63) is 95.8 Å². The van der Waals surface area contributed by atoms with Gasteiger partial charge in [0.15, 0.2) is 17.3 Å². The number of piperazine rings is 1. The van der Waals surface area contributed by atoms with E-state index in [0.717, 1.165) is 61.3 Å². The second-order valence-corrected chi connectivity index (χ2v) is 9.60. The molecule has 0 aliphatic carbocycles. The average molecular weight is 525 g/mol. The molecule has 0 amide bonds. The number of ether oxygens (including phenoxy) is 3. The van der Waals surface area contributed by atoms with Gasteiger partial charge in [-0.1, -0.05) is 54.6 Å². The van der Waals surface area contributed by atoms with E-state index >= 15 is 0 Å². The fourth-order valence-corrected chi connectivity index (χ4v) is 5.13. The van der Waals surface area contributed by atoms with Crippen molar-refractivity contribution in [2.45, 2.75) is 6.04 Å². The van der Waals surface area contributed by atoms with Crippen LogP contribution in [-0.2, 0) is 0 Å². The van der Waals surface area contributed by atoms with Crippen molar-refractivity contribution in [1.29, 1.82) is 0 Å². The van der Waals surface area contributed by atoms with Gasteiger partial charge in [0, 0.05) is 38.8 Å². The molecule has 1 aromatic heterocycles. The molecule has 0 radical (unpaired) electrons. The van der Waals surface area contributed by atoms with Gasteiger partial charge >= 0.3 is 0 Å². The Bertz CT molecular complexity index is 1400. The second-order valence-electron chi connectivity index (χ2n) is 9.60. The van der Waals surface area contributed by atoms with Crippen LogP contribution in [-0.4, -0.2) is 83.1 Å². The summed E-state index contributed by atoms with van der Waals surface area (Å²) in [5.41, 5.74) is 3.17. The number of methoxy groups -OCH3 is 1. The molecule has 6 rings (SSSR count). The van der Waals surface area contributed by atoms with E-state index in [0.29, 0.717) is 19.0 Å². The lowest BCUT2D eigenvalue weighted by Gasteiger charge is -2.38. The van der Waals surface area contributed by atoms with Crippen molar-refractivity contribution in [2.75, 3.05) is 53.0 Å². The van der Waals surface area contributed by atoms with Crippen LogP contribution in [0.25, 0.3) is 11.8 Å². The molecule has 9 nitrogen and oxygen atoms in total. The number of tetrazole rings is 1. The van der Waals surface area contributed by atoms with E-state index in [1.54, 1.807) is 7.11 Å². The summed E-state index contributed by atoms with van der Waals surface area (Å²) < 4.78 is 18.8. The van der Waals surface area contributed by atoms with Crippen LogP contribution in [0.2, 0.25) is 0 Å². The molecule has 1 unspecified atom stereocenters. The molecule has 0 spiro atoms. The first-order valence-electron chi connectivity index (χ1n) is 13.3. The Kier molecular flexibility index (Phi) is 7.51. The lowest BCUT2D eigenvalue weighted by molar-refractivity contribution is 0.113. The van der Waals surface area contributed by atoms with Gasteiger partial charge in [-0.25, -0.2) is 0 Å². The Labute approximate surface area is 228 Å². The zero-order valence-electron chi connectivity index (χ0n) is 22.0. The molecule has 2 aliphatic heterocycles. The van der Waals surface area contributed by atoms with Gasteiger partial charge in [0.25, 0.3) is 0 Å². The van der Waals surface area contributed by atoms with Crippen LogP contribution in [0.15, 0.2) is 78.9 Å². The maximum absolute atomic E-state index is 5.82. The Hall–Kier alpha value is -4.21. The van der Waals surface area contributed by atoms with Gasteiger partial charge in [0.05, 0.1) is 18.8 Å². The normalized spacial score (nSPS) is 16.8. The first kappa shape index (κ1) is 25.1. The molecule has 4 aromatic rings. The number of hydrogen-bond donors (Lipinski definition) is 0. The number of fused-ring (bicyclic) bond motifs is 1. The van der Waals surface area contributed by atoms with Crippen LogP contribution < -0.4 is 14.2 Å². The van der Waals surface area contributed by atoms with E-state index in [1.165, 1.54) is 5.56 Å². The summed E-state index contributed by atoms with van der Waals surface area (Å²) >= 11 is 0. The first-order valence-corrected chi connectivity index (χ1v) is 13.3. The minimum Gasteiger partial charge on any atom is -0.497 e. The van der Waals surface area contributed by atoms with Gasteiger partial charge in [0.2, 0.25) is 0 Å². The van der Waals surface area contributed by atoms with E-state index in [4.69, 9.17) is 14.2 Å². The first-order chi connectivity index (χ1) is 19.3. The second kappa shape index (κ2) is 11.7. The number of aromatic nitrogens is 4. The van der Waals surface area contributed by atoms with Crippen LogP contribution in [0.3, 0.4) is 0 Å². The van der Waals surface area contributed by atoms with Gasteiger partial charge in [-0.3, -0.25) is 9.80 Å². The quantitative estimate of drug-likeness (QED) is 0.344. The summed E-state index contributed by atoms with van der Waals surface area (Å²) in [5.74, 6) is 3.02. The molecule has 200 valence electrons. The number of rotatable bonds is 8. The molecule has 9 heteroatoms. The fourth-order valence-electron chi connectivity index (χ4n) is 5.13. The van der Waals surface area contributed by atoms with E-state index in [9.17, 15) is 0 Å². The molecule has 39 heavy (non-hydrogen) atoms. The van der Waals surface area contributed by atoms with E-state index < -0.39 is 0 Å². The molecule has 0 N–H and O–H groups in total. The highest BCUT2D eigenvalue weighted by Crippen LogP contribution is 2.34. The molecule has 3 heterocycles. The third-order valence-electron chi connectivity index (χ3n) is 7.19. The Morgan fingerprint density at radius 3 is 2.44 bits per heavy atom. The van der Waals surface area contributed by atoms with Gasteiger partial charge in [0.1, 0.15) is 19.0 Å². The highest BCUT2D eigenvalue weighted by atomic mass is 16.6. The standard InChI is InChI=1S/C30H32N6O3/c1-37-26-12-9-24(10-13-26)29(35-18-16-34(17-19-35)15-5-8-23-6-3-2-4-7-23)30-31-32-33-36(30)25-11-14-27-28(22-25)39-21-20-38-27/h2-14,22,29H,15-21H2,1H3/b8-5+. The maximum atomic E-state index is 5.82. The van der Waals surface area contributed by atoms with Crippen LogP contribution in [0.4, 0.5) is 0 Å². The smallest absolute Gasteiger partial charge is 0.178 e. The van der Waals surface area contributed by atoms with Gasteiger partial charge < -0.3 is 14.2 Å². The zero-order valence-corrected chi connectivity index (χ0v) is 22.0. The largest absolute Gasteiger partial charge is 0.497 e. The van der Waals surface area contributed by atoms with E-state index in [-0.39, 0.29) is 6.04 Å². The lowest BCUT2D eigenvalue weighted by Crippen LogP contribution is -2.48. The number of benzene rings is 3. The van der Waals surface area contributed by atoms with Crippen LogP contribution >= 0.6 is 0 Å². The lowest BCUT2D eigenvalue weighted by atomic mass is 10.0. The average Bonchev–Trinajstić information content (AvgIpc) is 3.48. The van der Waals surface area contributed by atoms with Crippen molar-refractivity contribution < 1.29 is 14.2 Å². The van der Waals surface area contributed by atoms with Crippen molar-refractivity contribution >= 4 is 6.08 Å². The summed E-state index contributed by atoms with van der Waals surface area (Å²) in [6.07, 6.45) is 4.43. The van der Waals surface area contributed by atoms with Crippen molar-refractivity contribution in [2.24, 2.45) is 0 Å². The van der Waals surface area contributed by atoms with E-state index in [2.05, 4.69) is 73.9 Å². The molecule has 3 aromatic carbocycles. The third-order valence-corrected chi connectivity index (χ3v) is 7.19. The molecule has 1 fully saturated rings. The molecule has 2 aliphatic rings. The van der Waals surface area contributed by atoms with Gasteiger partial charge in [-0.2, -0.15) is 4.68 Å². The fraction of sp³-hybridized carbons (Fsp3) is 0.300. The van der Waals surface area contributed by atoms with Crippen molar-refractivity contribution in [3.8, 4) is 22.9 Å². The summed E-state index contributed by atoms with van der Waals surface area (Å²) in [6, 6.07) is 24.3. The summed E-state index contributed by atoms with van der Waals surface area (Å²) in [7, 11) is 1.68. The summed E-state index contributed by atoms with van der Waals surface area (Å²) in [4.78, 5) is 4.93. The molecule has 1 atom stereocenters.